The zero-order valence-corrected chi connectivity index (χ0v) is 20.9. The highest BCUT2D eigenvalue weighted by Gasteiger charge is 2.26. The number of aryl methyl sites for hydroxylation is 2. The Kier molecular flexibility index (Phi) is 7.16. The lowest BCUT2D eigenvalue weighted by atomic mass is 9.95. The SMILES string of the molecule is Cc1cc(NC(=O)C(=O)NC[C@@H](c2ccc3c(c2)CCCN3C)N2CCOCC2)c2ccccc2n1. The lowest BCUT2D eigenvalue weighted by Gasteiger charge is -2.36. The third-order valence-corrected chi connectivity index (χ3v) is 7.08. The third-order valence-electron chi connectivity index (χ3n) is 7.08. The Morgan fingerprint density at radius 3 is 2.69 bits per heavy atom. The number of nitrogens with zero attached hydrogens (tertiary/aromatic N) is 3. The second kappa shape index (κ2) is 10.6. The standard InChI is InChI=1S/C28H33N5O3/c1-19-16-24(22-7-3-4-8-23(22)30-19)31-28(35)27(34)29-18-26(33-12-14-36-15-13-33)21-9-10-25-20(17-21)6-5-11-32(25)2/h3-4,7-10,16-17,26H,5-6,11-15,18H2,1-2H3,(H,29,34)(H,30,31,35)/t26-/m0/s1. The third kappa shape index (κ3) is 5.20. The van der Waals surface area contributed by atoms with E-state index in [1.165, 1.54) is 11.3 Å². The number of benzene rings is 2. The number of fused-ring (bicyclic) bond motifs is 2. The van der Waals surface area contributed by atoms with Gasteiger partial charge in [-0.15, -0.1) is 0 Å². The molecular formula is C28H33N5O3. The molecule has 1 atom stereocenters. The minimum absolute atomic E-state index is 0.0350. The number of para-hydroxylation sites is 1. The predicted octanol–water partition coefficient (Wildman–Crippen LogP) is 3.05. The van der Waals surface area contributed by atoms with E-state index in [9.17, 15) is 9.59 Å². The molecular weight excluding hydrogens is 454 g/mol. The van der Waals surface area contributed by atoms with Gasteiger partial charge in [-0.1, -0.05) is 30.3 Å². The van der Waals surface area contributed by atoms with Crippen LogP contribution in [0.2, 0.25) is 0 Å². The summed E-state index contributed by atoms with van der Waals surface area (Å²) in [4.78, 5) is 34.8. The van der Waals surface area contributed by atoms with E-state index in [-0.39, 0.29) is 6.04 Å². The molecule has 0 saturated carbocycles. The molecule has 188 valence electrons. The monoisotopic (exact) mass is 487 g/mol. The smallest absolute Gasteiger partial charge is 0.313 e. The van der Waals surface area contributed by atoms with Crippen molar-refractivity contribution in [2.24, 2.45) is 0 Å². The molecule has 0 unspecified atom stereocenters. The Morgan fingerprint density at radius 2 is 1.86 bits per heavy atom. The molecule has 1 saturated heterocycles. The summed E-state index contributed by atoms with van der Waals surface area (Å²) in [5.41, 5.74) is 5.90. The fourth-order valence-corrected chi connectivity index (χ4v) is 5.22. The van der Waals surface area contributed by atoms with Crippen LogP contribution in [0.15, 0.2) is 48.5 Å². The van der Waals surface area contributed by atoms with Gasteiger partial charge in [0.1, 0.15) is 0 Å². The van der Waals surface area contributed by atoms with E-state index >= 15 is 0 Å². The van der Waals surface area contributed by atoms with Crippen molar-refractivity contribution < 1.29 is 14.3 Å². The van der Waals surface area contributed by atoms with Gasteiger partial charge in [-0.05, 0) is 49.1 Å². The summed E-state index contributed by atoms with van der Waals surface area (Å²) in [6.45, 7) is 6.16. The molecule has 36 heavy (non-hydrogen) atoms. The van der Waals surface area contributed by atoms with Crippen LogP contribution in [-0.2, 0) is 20.7 Å². The van der Waals surface area contributed by atoms with Gasteiger partial charge in [-0.3, -0.25) is 19.5 Å². The van der Waals surface area contributed by atoms with Crippen molar-refractivity contribution in [1.29, 1.82) is 0 Å². The Bertz CT molecular complexity index is 1270. The van der Waals surface area contributed by atoms with Gasteiger partial charge < -0.3 is 20.3 Å². The molecule has 3 aromatic rings. The quantitative estimate of drug-likeness (QED) is 0.538. The lowest BCUT2D eigenvalue weighted by Crippen LogP contribution is -2.45. The highest BCUT2D eigenvalue weighted by molar-refractivity contribution is 6.40. The molecule has 2 aliphatic heterocycles. The maximum Gasteiger partial charge on any atom is 0.313 e. The van der Waals surface area contributed by atoms with E-state index in [0.717, 1.165) is 54.6 Å². The van der Waals surface area contributed by atoms with Gasteiger partial charge in [-0.25, -0.2) is 0 Å². The molecule has 5 rings (SSSR count). The molecule has 0 spiro atoms. The average molecular weight is 488 g/mol. The number of carbonyl (C=O) groups excluding carboxylic acids is 2. The van der Waals surface area contributed by atoms with Crippen LogP contribution >= 0.6 is 0 Å². The van der Waals surface area contributed by atoms with Crippen LogP contribution in [0, 0.1) is 6.92 Å². The first kappa shape index (κ1) is 24.2. The van der Waals surface area contributed by atoms with Gasteiger partial charge in [0.2, 0.25) is 0 Å². The molecule has 2 N–H and O–H groups in total. The molecule has 1 aromatic heterocycles. The largest absolute Gasteiger partial charge is 0.379 e. The number of nitrogens with one attached hydrogen (secondary N) is 2. The van der Waals surface area contributed by atoms with Gasteiger partial charge >= 0.3 is 11.8 Å². The fourth-order valence-electron chi connectivity index (χ4n) is 5.22. The first-order valence-corrected chi connectivity index (χ1v) is 12.6. The van der Waals surface area contributed by atoms with Gasteiger partial charge in [0.15, 0.2) is 0 Å². The zero-order valence-electron chi connectivity index (χ0n) is 20.9. The number of rotatable bonds is 5. The molecule has 8 heteroatoms. The predicted molar refractivity (Wildman–Crippen MR) is 141 cm³/mol. The first-order chi connectivity index (χ1) is 17.5. The van der Waals surface area contributed by atoms with Crippen LogP contribution in [-0.4, -0.2) is 68.1 Å². The van der Waals surface area contributed by atoms with Gasteiger partial charge in [0, 0.05) is 50.0 Å². The normalized spacial score (nSPS) is 16.9. The minimum atomic E-state index is -0.682. The second-order valence-electron chi connectivity index (χ2n) is 9.57. The molecule has 2 aromatic carbocycles. The van der Waals surface area contributed by atoms with Crippen molar-refractivity contribution in [2.45, 2.75) is 25.8 Å². The number of pyridine rings is 1. The van der Waals surface area contributed by atoms with Crippen molar-refractivity contribution in [3.8, 4) is 0 Å². The summed E-state index contributed by atoms with van der Waals surface area (Å²) in [5, 5.41) is 6.48. The lowest BCUT2D eigenvalue weighted by molar-refractivity contribution is -0.136. The highest BCUT2D eigenvalue weighted by atomic mass is 16.5. The molecule has 2 aliphatic rings. The Hall–Kier alpha value is -3.49. The summed E-state index contributed by atoms with van der Waals surface area (Å²) in [6, 6.07) is 15.9. The minimum Gasteiger partial charge on any atom is -0.379 e. The topological polar surface area (TPSA) is 86.8 Å². The van der Waals surface area contributed by atoms with E-state index in [1.807, 2.05) is 31.2 Å². The van der Waals surface area contributed by atoms with Crippen molar-refractivity contribution in [3.05, 3.63) is 65.4 Å². The summed E-state index contributed by atoms with van der Waals surface area (Å²) >= 11 is 0. The number of amides is 2. The molecule has 0 bridgehead atoms. The van der Waals surface area contributed by atoms with Crippen molar-refractivity contribution in [2.75, 3.05) is 56.7 Å². The van der Waals surface area contributed by atoms with Crippen LogP contribution in [0.3, 0.4) is 0 Å². The van der Waals surface area contributed by atoms with E-state index in [4.69, 9.17) is 4.74 Å². The number of aromatic nitrogens is 1. The van der Waals surface area contributed by atoms with Gasteiger partial charge in [0.25, 0.3) is 0 Å². The fraction of sp³-hybridized carbons (Fsp3) is 0.393. The molecule has 8 nitrogen and oxygen atoms in total. The Morgan fingerprint density at radius 1 is 1.06 bits per heavy atom. The number of anilines is 2. The maximum absolute atomic E-state index is 12.9. The van der Waals surface area contributed by atoms with Crippen molar-refractivity contribution in [3.63, 3.8) is 0 Å². The van der Waals surface area contributed by atoms with E-state index in [0.29, 0.717) is 25.4 Å². The van der Waals surface area contributed by atoms with Crippen LogP contribution in [0.5, 0.6) is 0 Å². The van der Waals surface area contributed by atoms with Gasteiger partial charge in [0.05, 0.1) is 30.5 Å². The molecule has 2 amide bonds. The van der Waals surface area contributed by atoms with Crippen LogP contribution in [0.4, 0.5) is 11.4 Å². The Balaban J connectivity index is 1.31. The Labute approximate surface area is 211 Å². The van der Waals surface area contributed by atoms with Crippen LogP contribution < -0.4 is 15.5 Å². The zero-order chi connectivity index (χ0) is 25.1. The molecule has 0 aliphatic carbocycles. The molecule has 3 heterocycles. The van der Waals surface area contributed by atoms with E-state index in [1.54, 1.807) is 6.07 Å². The number of hydrogen-bond acceptors (Lipinski definition) is 6. The highest BCUT2D eigenvalue weighted by Crippen LogP contribution is 2.31. The number of ether oxygens (including phenoxy) is 1. The second-order valence-corrected chi connectivity index (χ2v) is 9.57. The van der Waals surface area contributed by atoms with Gasteiger partial charge in [-0.2, -0.15) is 0 Å². The van der Waals surface area contributed by atoms with E-state index < -0.39 is 11.8 Å². The number of morpholine rings is 1. The maximum atomic E-state index is 12.9. The van der Waals surface area contributed by atoms with Crippen LogP contribution in [0.1, 0.15) is 29.3 Å². The molecule has 1 fully saturated rings. The van der Waals surface area contributed by atoms with Crippen molar-refractivity contribution >= 4 is 34.1 Å². The van der Waals surface area contributed by atoms with E-state index in [2.05, 4.69) is 50.7 Å². The first-order valence-electron chi connectivity index (χ1n) is 12.6. The number of carbonyl (C=O) groups is 2. The van der Waals surface area contributed by atoms with Crippen molar-refractivity contribution in [1.82, 2.24) is 15.2 Å². The van der Waals surface area contributed by atoms with Crippen LogP contribution in [0.25, 0.3) is 10.9 Å². The summed E-state index contributed by atoms with van der Waals surface area (Å²) in [6.07, 6.45) is 2.19. The molecule has 0 radical (unpaired) electrons. The number of hydrogen-bond donors (Lipinski definition) is 2. The average Bonchev–Trinajstić information content (AvgIpc) is 2.89. The summed E-state index contributed by atoms with van der Waals surface area (Å²) in [7, 11) is 2.13. The summed E-state index contributed by atoms with van der Waals surface area (Å²) < 4.78 is 5.56. The summed E-state index contributed by atoms with van der Waals surface area (Å²) in [5.74, 6) is -1.33.